The second-order valence-electron chi connectivity index (χ2n) is 9.21. The van der Waals surface area contributed by atoms with Gasteiger partial charge in [-0.1, -0.05) is 23.7 Å². The minimum Gasteiger partial charge on any atom is -0.302 e. The number of H-pyrrole nitrogens is 1. The zero-order chi connectivity index (χ0) is 25.0. The van der Waals surface area contributed by atoms with Crippen LogP contribution in [0.25, 0.3) is 11.1 Å². The maximum atomic E-state index is 14.1. The molecular formula is C24H21ClF4N4O2. The van der Waals surface area contributed by atoms with Crippen molar-refractivity contribution in [2.75, 3.05) is 19.6 Å². The first-order chi connectivity index (χ1) is 16.6. The van der Waals surface area contributed by atoms with E-state index in [4.69, 9.17) is 11.6 Å². The molecular weight excluding hydrogens is 488 g/mol. The van der Waals surface area contributed by atoms with Gasteiger partial charge in [-0.25, -0.2) is 9.78 Å². The van der Waals surface area contributed by atoms with Crippen LogP contribution in [0.5, 0.6) is 0 Å². The van der Waals surface area contributed by atoms with Crippen LogP contribution in [-0.2, 0) is 18.1 Å². The number of fused-ring (bicyclic) bond motifs is 1. The standard InChI is InChI=1S/C24H21ClF4N4O2/c25-17-8-18(20(26)30-10-17)19-12-33(22(35)31-21(19)34)7-1-6-32-11-16-9-23(16,13-32)14-2-4-15(5-3-14)24(27,28)29/h2-5,8,10,12,16H,1,6-7,9,11,13H2,(H,31,34,35)/t16-,23+/m0/s1. The second-order valence-corrected chi connectivity index (χ2v) is 9.64. The van der Waals surface area contributed by atoms with Crippen LogP contribution in [0, 0.1) is 11.9 Å². The van der Waals surface area contributed by atoms with Crippen molar-refractivity contribution < 1.29 is 17.6 Å². The summed E-state index contributed by atoms with van der Waals surface area (Å²) in [5.41, 5.74) is -1.29. The van der Waals surface area contributed by atoms with Gasteiger partial charge in [-0.2, -0.15) is 17.6 Å². The fraction of sp³-hybridized carbons (Fsp3) is 0.375. The number of nitrogens with zero attached hydrogens (tertiary/aromatic N) is 3. The molecule has 184 valence electrons. The molecule has 2 aliphatic rings. The van der Waals surface area contributed by atoms with E-state index in [2.05, 4.69) is 14.9 Å². The number of aryl methyl sites for hydroxylation is 1. The van der Waals surface area contributed by atoms with E-state index >= 15 is 0 Å². The van der Waals surface area contributed by atoms with Crippen LogP contribution in [0.3, 0.4) is 0 Å². The second kappa shape index (κ2) is 8.60. The lowest BCUT2D eigenvalue weighted by Gasteiger charge is -2.21. The lowest BCUT2D eigenvalue weighted by Crippen LogP contribution is -2.32. The Morgan fingerprint density at radius 1 is 1.14 bits per heavy atom. The highest BCUT2D eigenvalue weighted by atomic mass is 35.5. The Bertz CT molecular complexity index is 1390. The third kappa shape index (κ3) is 4.52. The number of likely N-dealkylation sites (tertiary alicyclic amines) is 1. The van der Waals surface area contributed by atoms with Gasteiger partial charge in [0.25, 0.3) is 5.56 Å². The first kappa shape index (κ1) is 23.7. The molecule has 0 radical (unpaired) electrons. The molecule has 35 heavy (non-hydrogen) atoms. The van der Waals surface area contributed by atoms with Crippen molar-refractivity contribution in [2.45, 2.75) is 31.0 Å². The van der Waals surface area contributed by atoms with Gasteiger partial charge in [0.15, 0.2) is 0 Å². The summed E-state index contributed by atoms with van der Waals surface area (Å²) in [6.45, 7) is 2.56. The van der Waals surface area contributed by atoms with E-state index in [1.165, 1.54) is 16.8 Å². The first-order valence-corrected chi connectivity index (χ1v) is 11.5. The van der Waals surface area contributed by atoms with Gasteiger partial charge in [0.1, 0.15) is 0 Å². The normalized spacial score (nSPS) is 21.8. The highest BCUT2D eigenvalue weighted by Gasteiger charge is 2.60. The van der Waals surface area contributed by atoms with E-state index in [0.717, 1.165) is 43.4 Å². The highest BCUT2D eigenvalue weighted by molar-refractivity contribution is 6.30. The summed E-state index contributed by atoms with van der Waals surface area (Å²) < 4.78 is 54.1. The lowest BCUT2D eigenvalue weighted by atomic mass is 9.94. The zero-order valence-electron chi connectivity index (χ0n) is 18.4. The van der Waals surface area contributed by atoms with Gasteiger partial charge in [0.05, 0.1) is 16.1 Å². The zero-order valence-corrected chi connectivity index (χ0v) is 19.2. The molecule has 1 saturated heterocycles. The molecule has 3 heterocycles. The number of rotatable bonds is 6. The number of aromatic amines is 1. The number of benzene rings is 1. The van der Waals surface area contributed by atoms with Crippen LogP contribution in [0.15, 0.2) is 52.3 Å². The lowest BCUT2D eigenvalue weighted by molar-refractivity contribution is -0.137. The predicted octanol–water partition coefficient (Wildman–Crippen LogP) is 4.07. The summed E-state index contributed by atoms with van der Waals surface area (Å²) >= 11 is 5.88. The number of halogens is 5. The summed E-state index contributed by atoms with van der Waals surface area (Å²) in [7, 11) is 0. The molecule has 6 nitrogen and oxygen atoms in total. The third-order valence-corrected chi connectivity index (χ3v) is 7.19. The van der Waals surface area contributed by atoms with Crippen molar-refractivity contribution in [1.29, 1.82) is 0 Å². The Kier molecular flexibility index (Phi) is 5.83. The highest BCUT2D eigenvalue weighted by Crippen LogP contribution is 2.59. The maximum Gasteiger partial charge on any atom is 0.416 e. The summed E-state index contributed by atoms with van der Waals surface area (Å²) in [6.07, 6.45) is -0.366. The van der Waals surface area contributed by atoms with Gasteiger partial charge in [0.2, 0.25) is 5.95 Å². The average Bonchev–Trinajstić information content (AvgIpc) is 3.38. The van der Waals surface area contributed by atoms with E-state index in [-0.39, 0.29) is 21.6 Å². The Morgan fingerprint density at radius 3 is 2.60 bits per heavy atom. The van der Waals surface area contributed by atoms with Gasteiger partial charge in [0, 0.05) is 43.0 Å². The summed E-state index contributed by atoms with van der Waals surface area (Å²) in [4.78, 5) is 32.5. The van der Waals surface area contributed by atoms with Crippen molar-refractivity contribution in [3.63, 3.8) is 0 Å². The number of pyridine rings is 1. The van der Waals surface area contributed by atoms with Crippen LogP contribution in [0.4, 0.5) is 17.6 Å². The minimum absolute atomic E-state index is 0.0410. The molecule has 1 aliphatic carbocycles. The van der Waals surface area contributed by atoms with Crippen LogP contribution < -0.4 is 11.2 Å². The van der Waals surface area contributed by atoms with E-state index in [9.17, 15) is 27.2 Å². The topological polar surface area (TPSA) is 71.0 Å². The number of hydrogen-bond donors (Lipinski definition) is 1. The number of alkyl halides is 3. The molecule has 2 fully saturated rings. The quantitative estimate of drug-likeness (QED) is 0.402. The fourth-order valence-electron chi connectivity index (χ4n) is 5.14. The molecule has 1 saturated carbocycles. The molecule has 0 unspecified atom stereocenters. The molecule has 3 aromatic rings. The van der Waals surface area contributed by atoms with Crippen LogP contribution in [-0.4, -0.2) is 39.1 Å². The SMILES string of the molecule is O=c1[nH]c(=O)n(CCCN2C[C@@H]3C[C@]3(c3ccc(C(F)(F)F)cc3)C2)cc1-c1cc(Cl)cnc1F. The number of aromatic nitrogens is 3. The number of piperidine rings is 1. The molecule has 1 aliphatic heterocycles. The van der Waals surface area contributed by atoms with Crippen LogP contribution >= 0.6 is 11.6 Å². The van der Waals surface area contributed by atoms with Gasteiger partial charge in [-0.05, 0) is 49.1 Å². The van der Waals surface area contributed by atoms with E-state index < -0.39 is 28.9 Å². The van der Waals surface area contributed by atoms with E-state index in [1.54, 1.807) is 12.1 Å². The molecule has 0 spiro atoms. The molecule has 0 amide bonds. The number of nitrogens with one attached hydrogen (secondary N) is 1. The molecule has 1 aromatic carbocycles. The van der Waals surface area contributed by atoms with Crippen molar-refractivity contribution in [2.24, 2.45) is 5.92 Å². The monoisotopic (exact) mass is 508 g/mol. The average molecular weight is 509 g/mol. The smallest absolute Gasteiger partial charge is 0.302 e. The molecule has 1 N–H and O–H groups in total. The Morgan fingerprint density at radius 2 is 1.89 bits per heavy atom. The molecule has 0 bridgehead atoms. The molecule has 11 heteroatoms. The Labute approximate surface area is 202 Å². The van der Waals surface area contributed by atoms with Crippen molar-refractivity contribution >= 4 is 11.6 Å². The van der Waals surface area contributed by atoms with Gasteiger partial charge in [-0.15, -0.1) is 0 Å². The maximum absolute atomic E-state index is 14.1. The first-order valence-electron chi connectivity index (χ1n) is 11.1. The third-order valence-electron chi connectivity index (χ3n) is 6.98. The Hall–Kier alpha value is -2.98. The van der Waals surface area contributed by atoms with E-state index in [1.807, 2.05) is 0 Å². The summed E-state index contributed by atoms with van der Waals surface area (Å²) in [5.74, 6) is -0.463. The predicted molar refractivity (Wildman–Crippen MR) is 122 cm³/mol. The Balaban J connectivity index is 1.24. The van der Waals surface area contributed by atoms with Crippen molar-refractivity contribution in [1.82, 2.24) is 19.4 Å². The van der Waals surface area contributed by atoms with Crippen LogP contribution in [0.1, 0.15) is 24.0 Å². The molecule has 5 rings (SSSR count). The van der Waals surface area contributed by atoms with Gasteiger partial charge < -0.3 is 4.90 Å². The fourth-order valence-corrected chi connectivity index (χ4v) is 5.30. The van der Waals surface area contributed by atoms with Gasteiger partial charge in [-0.3, -0.25) is 14.3 Å². The van der Waals surface area contributed by atoms with Gasteiger partial charge >= 0.3 is 11.9 Å². The van der Waals surface area contributed by atoms with Crippen molar-refractivity contribution in [3.8, 4) is 11.1 Å². The summed E-state index contributed by atoms with van der Waals surface area (Å²) in [5, 5.41) is 0.160. The molecule has 2 aromatic heterocycles. The largest absolute Gasteiger partial charge is 0.416 e. The number of hydrogen-bond acceptors (Lipinski definition) is 4. The minimum atomic E-state index is -4.35. The summed E-state index contributed by atoms with van der Waals surface area (Å²) in [6, 6.07) is 6.72. The van der Waals surface area contributed by atoms with Crippen LogP contribution in [0.2, 0.25) is 5.02 Å². The van der Waals surface area contributed by atoms with Crippen molar-refractivity contribution in [3.05, 3.63) is 85.7 Å². The van der Waals surface area contributed by atoms with E-state index in [0.29, 0.717) is 25.4 Å². The molecule has 2 atom stereocenters.